The van der Waals surface area contributed by atoms with Gasteiger partial charge in [0.25, 0.3) is 5.91 Å². The minimum atomic E-state index is -0.712. The molecule has 2 aromatic carbocycles. The smallest absolute Gasteiger partial charge is 0.338 e. The average molecular weight is 470 g/mol. The van der Waals surface area contributed by atoms with Crippen LogP contribution in [0.2, 0.25) is 0 Å². The average Bonchev–Trinajstić information content (AvgIpc) is 3.24. The lowest BCUT2D eigenvalue weighted by Crippen LogP contribution is -2.28. The molecule has 0 bridgehead atoms. The lowest BCUT2D eigenvalue weighted by molar-refractivity contribution is -0.151. The van der Waals surface area contributed by atoms with Crippen molar-refractivity contribution in [2.24, 2.45) is 5.92 Å². The summed E-state index contributed by atoms with van der Waals surface area (Å²) in [5, 5.41) is 2.58. The summed E-state index contributed by atoms with van der Waals surface area (Å²) in [7, 11) is 3.00. The molecule has 0 saturated carbocycles. The third-order valence-corrected chi connectivity index (χ3v) is 5.16. The van der Waals surface area contributed by atoms with Crippen molar-refractivity contribution in [2.75, 3.05) is 44.2 Å². The quantitative estimate of drug-likeness (QED) is 0.555. The monoisotopic (exact) mass is 470 g/mol. The number of ether oxygens (including phenoxy) is 4. The highest BCUT2D eigenvalue weighted by Crippen LogP contribution is 2.36. The molecule has 1 aliphatic heterocycles. The van der Waals surface area contributed by atoms with Gasteiger partial charge in [0, 0.05) is 24.7 Å². The molecule has 1 saturated heterocycles. The number of benzene rings is 2. The Labute approximate surface area is 196 Å². The number of rotatable bonds is 9. The molecule has 0 unspecified atom stereocenters. The van der Waals surface area contributed by atoms with Gasteiger partial charge in [-0.2, -0.15) is 0 Å². The molecular weight excluding hydrogens is 444 g/mol. The third kappa shape index (κ3) is 5.83. The lowest BCUT2D eigenvalue weighted by Gasteiger charge is -2.20. The maximum absolute atomic E-state index is 12.5. The molecule has 10 nitrogen and oxygen atoms in total. The molecule has 1 atom stereocenters. The van der Waals surface area contributed by atoms with Crippen LogP contribution in [0, 0.1) is 5.92 Å². The van der Waals surface area contributed by atoms with E-state index in [0.29, 0.717) is 28.4 Å². The fraction of sp³-hybridized carbons (Fsp3) is 0.333. The van der Waals surface area contributed by atoms with Crippen LogP contribution in [0.4, 0.5) is 11.4 Å². The predicted molar refractivity (Wildman–Crippen MR) is 122 cm³/mol. The summed E-state index contributed by atoms with van der Waals surface area (Å²) >= 11 is 0. The molecular formula is C24H26N2O8. The third-order valence-electron chi connectivity index (χ3n) is 5.16. The van der Waals surface area contributed by atoms with E-state index in [1.807, 2.05) is 0 Å². The van der Waals surface area contributed by atoms with Crippen molar-refractivity contribution in [1.82, 2.24) is 0 Å². The molecule has 1 fully saturated rings. The van der Waals surface area contributed by atoms with E-state index in [1.54, 1.807) is 37.3 Å². The molecule has 2 aromatic rings. The van der Waals surface area contributed by atoms with Gasteiger partial charge in [-0.05, 0) is 43.3 Å². The molecule has 1 aliphatic rings. The second-order valence-corrected chi connectivity index (χ2v) is 7.40. The van der Waals surface area contributed by atoms with E-state index in [4.69, 9.17) is 18.9 Å². The number of esters is 2. The van der Waals surface area contributed by atoms with Gasteiger partial charge in [-0.25, -0.2) is 4.79 Å². The molecule has 34 heavy (non-hydrogen) atoms. The molecule has 1 N–H and O–H groups in total. The number of carbonyl (C=O) groups excluding carboxylic acids is 4. The molecule has 180 valence electrons. The molecule has 3 rings (SSSR count). The van der Waals surface area contributed by atoms with E-state index < -0.39 is 30.4 Å². The zero-order valence-corrected chi connectivity index (χ0v) is 19.2. The van der Waals surface area contributed by atoms with Crippen LogP contribution in [0.3, 0.4) is 0 Å². The van der Waals surface area contributed by atoms with E-state index in [1.165, 1.54) is 31.3 Å². The Morgan fingerprint density at radius 1 is 1.03 bits per heavy atom. The fourth-order valence-electron chi connectivity index (χ4n) is 3.46. The number of nitrogens with zero attached hydrogens (tertiary/aromatic N) is 1. The second kappa shape index (κ2) is 11.2. The highest BCUT2D eigenvalue weighted by molar-refractivity contribution is 6.01. The molecule has 0 aromatic heterocycles. The summed E-state index contributed by atoms with van der Waals surface area (Å²) in [5.41, 5.74) is 1.31. The van der Waals surface area contributed by atoms with Crippen LogP contribution in [0.25, 0.3) is 0 Å². The highest BCUT2D eigenvalue weighted by Gasteiger charge is 2.37. The Hall–Kier alpha value is -4.08. The molecule has 2 amide bonds. The van der Waals surface area contributed by atoms with Crippen LogP contribution >= 0.6 is 0 Å². The minimum Gasteiger partial charge on any atom is -0.497 e. The van der Waals surface area contributed by atoms with Crippen LogP contribution in [-0.4, -0.2) is 57.7 Å². The van der Waals surface area contributed by atoms with E-state index in [2.05, 4.69) is 5.32 Å². The van der Waals surface area contributed by atoms with Crippen molar-refractivity contribution in [1.29, 1.82) is 0 Å². The van der Waals surface area contributed by atoms with Crippen LogP contribution in [-0.2, 0) is 23.9 Å². The van der Waals surface area contributed by atoms with E-state index >= 15 is 0 Å². The van der Waals surface area contributed by atoms with Crippen molar-refractivity contribution in [2.45, 2.75) is 13.3 Å². The van der Waals surface area contributed by atoms with Crippen LogP contribution < -0.4 is 19.7 Å². The van der Waals surface area contributed by atoms with Crippen molar-refractivity contribution >= 4 is 35.1 Å². The zero-order valence-electron chi connectivity index (χ0n) is 19.2. The number of hydrogen-bond acceptors (Lipinski definition) is 8. The summed E-state index contributed by atoms with van der Waals surface area (Å²) in [6.07, 6.45) is -0.0367. The number of amides is 2. The van der Waals surface area contributed by atoms with Gasteiger partial charge in [0.1, 0.15) is 11.5 Å². The second-order valence-electron chi connectivity index (χ2n) is 7.40. The first-order valence-corrected chi connectivity index (χ1v) is 10.6. The summed E-state index contributed by atoms with van der Waals surface area (Å²) < 4.78 is 20.5. The van der Waals surface area contributed by atoms with Crippen molar-refractivity contribution < 1.29 is 38.1 Å². The van der Waals surface area contributed by atoms with E-state index in [0.717, 1.165) is 0 Å². The number of anilines is 2. The Morgan fingerprint density at radius 2 is 1.76 bits per heavy atom. The Kier molecular flexibility index (Phi) is 8.07. The highest BCUT2D eigenvalue weighted by atomic mass is 16.5. The fourth-order valence-corrected chi connectivity index (χ4v) is 3.46. The summed E-state index contributed by atoms with van der Waals surface area (Å²) in [4.78, 5) is 50.3. The Morgan fingerprint density at radius 3 is 2.41 bits per heavy atom. The standard InChI is InChI=1S/C24H26N2O8/c1-4-33-23(29)15-5-7-17(8-6-15)25-21(27)14-34-24(30)16-11-22(28)26(13-16)19-10-9-18(31-2)12-20(19)32-3/h5-10,12,16H,4,11,13-14H2,1-3H3,(H,25,27)/t16-/m1/s1. The number of carbonyl (C=O) groups is 4. The normalized spacial score (nSPS) is 15.0. The summed E-state index contributed by atoms with van der Waals surface area (Å²) in [5.74, 6) is -1.60. The van der Waals surface area contributed by atoms with Crippen molar-refractivity contribution in [3.8, 4) is 11.5 Å². The number of methoxy groups -OCH3 is 2. The van der Waals surface area contributed by atoms with Crippen LogP contribution in [0.15, 0.2) is 42.5 Å². The summed E-state index contributed by atoms with van der Waals surface area (Å²) in [6.45, 7) is 1.58. The van der Waals surface area contributed by atoms with Crippen LogP contribution in [0.5, 0.6) is 11.5 Å². The maximum Gasteiger partial charge on any atom is 0.338 e. The van der Waals surface area contributed by atoms with Gasteiger partial charge in [-0.3, -0.25) is 14.4 Å². The molecule has 10 heteroatoms. The van der Waals surface area contributed by atoms with Gasteiger partial charge in [0.15, 0.2) is 6.61 Å². The van der Waals surface area contributed by atoms with Gasteiger partial charge in [0.2, 0.25) is 5.91 Å². The van der Waals surface area contributed by atoms with Gasteiger partial charge in [0.05, 0.1) is 38.0 Å². The van der Waals surface area contributed by atoms with E-state index in [-0.39, 0.29) is 25.5 Å². The molecule has 0 spiro atoms. The largest absolute Gasteiger partial charge is 0.497 e. The van der Waals surface area contributed by atoms with Gasteiger partial charge in [-0.1, -0.05) is 0 Å². The predicted octanol–water partition coefficient (Wildman–Crippen LogP) is 2.42. The van der Waals surface area contributed by atoms with Crippen molar-refractivity contribution in [3.63, 3.8) is 0 Å². The number of nitrogens with one attached hydrogen (secondary N) is 1. The van der Waals surface area contributed by atoms with E-state index in [9.17, 15) is 19.2 Å². The van der Waals surface area contributed by atoms with Gasteiger partial charge < -0.3 is 29.2 Å². The molecule has 0 radical (unpaired) electrons. The van der Waals surface area contributed by atoms with Crippen LogP contribution in [0.1, 0.15) is 23.7 Å². The molecule has 1 heterocycles. The first-order chi connectivity index (χ1) is 16.4. The van der Waals surface area contributed by atoms with Gasteiger partial charge >= 0.3 is 11.9 Å². The maximum atomic E-state index is 12.5. The Bertz CT molecular complexity index is 1070. The Balaban J connectivity index is 1.53. The number of hydrogen-bond donors (Lipinski definition) is 1. The first-order valence-electron chi connectivity index (χ1n) is 10.6. The lowest BCUT2D eigenvalue weighted by atomic mass is 10.1. The minimum absolute atomic E-state index is 0.0367. The topological polar surface area (TPSA) is 120 Å². The summed E-state index contributed by atoms with van der Waals surface area (Å²) in [6, 6.07) is 11.2. The SMILES string of the molecule is CCOC(=O)c1ccc(NC(=O)COC(=O)[C@@H]2CC(=O)N(c3ccc(OC)cc3OC)C2)cc1. The van der Waals surface area contributed by atoms with Crippen molar-refractivity contribution in [3.05, 3.63) is 48.0 Å². The van der Waals surface area contributed by atoms with Gasteiger partial charge in [-0.15, -0.1) is 0 Å². The molecule has 0 aliphatic carbocycles. The first kappa shape index (κ1) is 24.6. The zero-order chi connectivity index (χ0) is 24.7.